The molecule has 0 aliphatic carbocycles. The highest BCUT2D eigenvalue weighted by atomic mass is 16.5. The SMILES string of the molecule is CCOc1cc(C(=O)O[C@@H](C)C(=O)N2[C@H](C)CCC[C@@H]2C)ccc1OC. The number of methoxy groups -OCH3 is 1. The molecule has 3 atom stereocenters. The lowest BCUT2D eigenvalue weighted by molar-refractivity contribution is -0.146. The van der Waals surface area contributed by atoms with E-state index in [0.29, 0.717) is 23.7 Å². The Balaban J connectivity index is 2.08. The summed E-state index contributed by atoms with van der Waals surface area (Å²) in [5.41, 5.74) is 0.327. The molecule has 1 fully saturated rings. The van der Waals surface area contributed by atoms with Crippen LogP contribution in [0.25, 0.3) is 0 Å². The van der Waals surface area contributed by atoms with Gasteiger partial charge in [-0.3, -0.25) is 4.79 Å². The number of esters is 1. The molecule has 1 saturated heterocycles. The van der Waals surface area contributed by atoms with Crippen molar-refractivity contribution < 1.29 is 23.8 Å². The van der Waals surface area contributed by atoms with Gasteiger partial charge in [-0.25, -0.2) is 4.79 Å². The molecule has 1 aliphatic heterocycles. The third-order valence-electron chi connectivity index (χ3n) is 4.78. The first kappa shape index (κ1) is 20.1. The molecule has 6 nitrogen and oxygen atoms in total. The number of nitrogens with zero attached hydrogens (tertiary/aromatic N) is 1. The summed E-state index contributed by atoms with van der Waals surface area (Å²) >= 11 is 0. The number of rotatable bonds is 6. The number of carbonyl (C=O) groups is 2. The Labute approximate surface area is 155 Å². The number of benzene rings is 1. The maximum atomic E-state index is 12.8. The Morgan fingerprint density at radius 3 is 2.42 bits per heavy atom. The molecule has 0 bridgehead atoms. The first-order chi connectivity index (χ1) is 12.4. The van der Waals surface area contributed by atoms with Gasteiger partial charge in [0, 0.05) is 12.1 Å². The van der Waals surface area contributed by atoms with Crippen LogP contribution in [0.4, 0.5) is 0 Å². The number of hydrogen-bond acceptors (Lipinski definition) is 5. The zero-order valence-electron chi connectivity index (χ0n) is 16.3. The smallest absolute Gasteiger partial charge is 0.339 e. The monoisotopic (exact) mass is 363 g/mol. The van der Waals surface area contributed by atoms with Crippen molar-refractivity contribution in [1.82, 2.24) is 4.90 Å². The number of amides is 1. The van der Waals surface area contributed by atoms with Crippen LogP contribution in [0.15, 0.2) is 18.2 Å². The molecule has 0 unspecified atom stereocenters. The van der Waals surface area contributed by atoms with Gasteiger partial charge in [0.05, 0.1) is 19.3 Å². The first-order valence-electron chi connectivity index (χ1n) is 9.23. The quantitative estimate of drug-likeness (QED) is 0.725. The molecule has 144 valence electrons. The normalized spacial score (nSPS) is 21.0. The van der Waals surface area contributed by atoms with Crippen LogP contribution in [0.2, 0.25) is 0 Å². The highest BCUT2D eigenvalue weighted by Crippen LogP contribution is 2.29. The van der Waals surface area contributed by atoms with E-state index in [2.05, 4.69) is 0 Å². The maximum Gasteiger partial charge on any atom is 0.339 e. The van der Waals surface area contributed by atoms with Crippen LogP contribution in [-0.2, 0) is 9.53 Å². The molecular formula is C20H29NO5. The van der Waals surface area contributed by atoms with E-state index in [4.69, 9.17) is 14.2 Å². The van der Waals surface area contributed by atoms with Crippen molar-refractivity contribution >= 4 is 11.9 Å². The lowest BCUT2D eigenvalue weighted by atomic mass is 9.97. The molecule has 6 heteroatoms. The molecule has 0 saturated carbocycles. The Bertz CT molecular complexity index is 635. The minimum Gasteiger partial charge on any atom is -0.493 e. The second-order valence-electron chi connectivity index (χ2n) is 6.72. The Kier molecular flexibility index (Phi) is 6.89. The van der Waals surface area contributed by atoms with Gasteiger partial charge in [0.1, 0.15) is 0 Å². The van der Waals surface area contributed by atoms with Crippen LogP contribution in [0, 0.1) is 0 Å². The van der Waals surface area contributed by atoms with Gasteiger partial charge in [-0.05, 0) is 65.2 Å². The zero-order valence-corrected chi connectivity index (χ0v) is 16.3. The van der Waals surface area contributed by atoms with Crippen molar-refractivity contribution in [3.8, 4) is 11.5 Å². The summed E-state index contributed by atoms with van der Waals surface area (Å²) in [6.07, 6.45) is 2.25. The largest absolute Gasteiger partial charge is 0.493 e. The van der Waals surface area contributed by atoms with Crippen molar-refractivity contribution in [1.29, 1.82) is 0 Å². The summed E-state index contributed by atoms with van der Waals surface area (Å²) in [6.45, 7) is 8.02. The minimum absolute atomic E-state index is 0.142. The van der Waals surface area contributed by atoms with Gasteiger partial charge in [0.15, 0.2) is 17.6 Å². The van der Waals surface area contributed by atoms with E-state index in [1.54, 1.807) is 25.1 Å². The molecule has 0 aromatic heterocycles. The van der Waals surface area contributed by atoms with Crippen LogP contribution in [-0.4, -0.2) is 48.7 Å². The molecular weight excluding hydrogens is 334 g/mol. The van der Waals surface area contributed by atoms with Crippen molar-refractivity contribution in [2.75, 3.05) is 13.7 Å². The average Bonchev–Trinajstić information content (AvgIpc) is 2.61. The van der Waals surface area contributed by atoms with Gasteiger partial charge >= 0.3 is 5.97 Å². The summed E-state index contributed by atoms with van der Waals surface area (Å²) in [6, 6.07) is 5.17. The van der Waals surface area contributed by atoms with Gasteiger partial charge in [0.2, 0.25) is 0 Å². The first-order valence-corrected chi connectivity index (χ1v) is 9.23. The fourth-order valence-corrected chi connectivity index (χ4v) is 3.42. The number of hydrogen-bond donors (Lipinski definition) is 0. The van der Waals surface area contributed by atoms with E-state index in [1.165, 1.54) is 7.11 Å². The van der Waals surface area contributed by atoms with Gasteiger partial charge in [-0.2, -0.15) is 0 Å². The van der Waals surface area contributed by atoms with E-state index in [9.17, 15) is 9.59 Å². The molecule has 1 aromatic rings. The minimum atomic E-state index is -0.830. The van der Waals surface area contributed by atoms with E-state index in [0.717, 1.165) is 19.3 Å². The number of likely N-dealkylation sites (tertiary alicyclic amines) is 1. The molecule has 1 aliphatic rings. The predicted octanol–water partition coefficient (Wildman–Crippen LogP) is 3.43. The Hall–Kier alpha value is -2.24. The van der Waals surface area contributed by atoms with Crippen molar-refractivity contribution in [2.45, 2.75) is 65.1 Å². The summed E-state index contributed by atoms with van der Waals surface area (Å²) in [4.78, 5) is 27.1. The molecule has 2 rings (SSSR count). The molecule has 0 radical (unpaired) electrons. The Morgan fingerprint density at radius 2 is 1.85 bits per heavy atom. The summed E-state index contributed by atoms with van der Waals surface area (Å²) < 4.78 is 16.1. The number of piperidine rings is 1. The lowest BCUT2D eigenvalue weighted by Gasteiger charge is -2.40. The zero-order chi connectivity index (χ0) is 19.3. The van der Waals surface area contributed by atoms with Crippen LogP contribution in [0.3, 0.4) is 0 Å². The average molecular weight is 363 g/mol. The summed E-state index contributed by atoms with van der Waals surface area (Å²) in [5.74, 6) is 0.327. The fraction of sp³-hybridized carbons (Fsp3) is 0.600. The maximum absolute atomic E-state index is 12.8. The predicted molar refractivity (Wildman–Crippen MR) is 98.7 cm³/mol. The van der Waals surface area contributed by atoms with E-state index < -0.39 is 12.1 Å². The van der Waals surface area contributed by atoms with Crippen LogP contribution in [0.1, 0.15) is 57.3 Å². The summed E-state index contributed by atoms with van der Waals surface area (Å²) in [7, 11) is 1.54. The standard InChI is InChI=1S/C20H29NO5/c1-6-25-18-12-16(10-11-17(18)24-5)20(23)26-15(4)19(22)21-13(2)8-7-9-14(21)3/h10-15H,6-9H2,1-5H3/t13-,14+,15-/m0/s1. The molecule has 0 N–H and O–H groups in total. The highest BCUT2D eigenvalue weighted by Gasteiger charge is 2.33. The van der Waals surface area contributed by atoms with Crippen molar-refractivity contribution in [3.63, 3.8) is 0 Å². The number of ether oxygens (including phenoxy) is 3. The van der Waals surface area contributed by atoms with E-state index >= 15 is 0 Å². The molecule has 1 heterocycles. The topological polar surface area (TPSA) is 65.1 Å². The van der Waals surface area contributed by atoms with Crippen LogP contribution < -0.4 is 9.47 Å². The van der Waals surface area contributed by atoms with Gasteiger partial charge in [-0.1, -0.05) is 0 Å². The van der Waals surface area contributed by atoms with Gasteiger partial charge in [0.25, 0.3) is 5.91 Å². The highest BCUT2D eigenvalue weighted by molar-refractivity contribution is 5.93. The third-order valence-corrected chi connectivity index (χ3v) is 4.78. The molecule has 0 spiro atoms. The lowest BCUT2D eigenvalue weighted by Crippen LogP contribution is -2.51. The third kappa shape index (κ3) is 4.48. The van der Waals surface area contributed by atoms with Gasteiger partial charge in [-0.15, -0.1) is 0 Å². The Morgan fingerprint density at radius 1 is 1.19 bits per heavy atom. The fourth-order valence-electron chi connectivity index (χ4n) is 3.42. The molecule has 1 aromatic carbocycles. The molecule has 1 amide bonds. The van der Waals surface area contributed by atoms with Crippen LogP contribution >= 0.6 is 0 Å². The van der Waals surface area contributed by atoms with E-state index in [1.807, 2.05) is 25.7 Å². The second-order valence-corrected chi connectivity index (χ2v) is 6.72. The van der Waals surface area contributed by atoms with Crippen LogP contribution in [0.5, 0.6) is 11.5 Å². The second kappa shape index (κ2) is 8.92. The van der Waals surface area contributed by atoms with Crippen molar-refractivity contribution in [3.05, 3.63) is 23.8 Å². The number of carbonyl (C=O) groups excluding carboxylic acids is 2. The van der Waals surface area contributed by atoms with Crippen molar-refractivity contribution in [2.24, 2.45) is 0 Å². The van der Waals surface area contributed by atoms with Gasteiger partial charge < -0.3 is 19.1 Å². The van der Waals surface area contributed by atoms with E-state index in [-0.39, 0.29) is 18.0 Å². The molecule has 26 heavy (non-hydrogen) atoms. The summed E-state index contributed by atoms with van der Waals surface area (Å²) in [5, 5.41) is 0.